The Morgan fingerprint density at radius 1 is 0.956 bits per heavy atom. The highest BCUT2D eigenvalue weighted by Gasteiger charge is 2.37. The largest absolute Gasteiger partial charge is 0.335 e. The molecule has 45 heavy (non-hydrogen) atoms. The Labute approximate surface area is 257 Å². The van der Waals surface area contributed by atoms with Gasteiger partial charge in [-0.15, -0.1) is 0 Å². The van der Waals surface area contributed by atoms with Gasteiger partial charge in [-0.05, 0) is 80.5 Å². The summed E-state index contributed by atoms with van der Waals surface area (Å²) in [5.74, 6) is -2.40. The van der Waals surface area contributed by atoms with Gasteiger partial charge in [0.05, 0.1) is 17.4 Å². The zero-order valence-electron chi connectivity index (χ0n) is 25.0. The minimum Gasteiger partial charge on any atom is -0.335 e. The standard InChI is InChI=1S/C33H32F3N9/c1-44(2)8-3-4-20-10-22(13-25(34)12-20)26-5-7-38-31-28(26)40-32(41-31)29-27-14-24(17-39-30(27)43-42-29)23-11-21(15-37-16-23)18-45-9-6-33(35,36)19-45/h5,7,10-17H,3-4,6,8-9,18-19H2,1-2H3,(H,38,40,41)(H,39,42,43). The second-order valence-corrected chi connectivity index (χ2v) is 12.0. The van der Waals surface area contributed by atoms with Gasteiger partial charge in [0.2, 0.25) is 0 Å². The zero-order valence-corrected chi connectivity index (χ0v) is 25.0. The lowest BCUT2D eigenvalue weighted by Crippen LogP contribution is -2.24. The lowest BCUT2D eigenvalue weighted by atomic mass is 10.0. The Morgan fingerprint density at radius 2 is 1.80 bits per heavy atom. The molecule has 9 nitrogen and oxygen atoms in total. The number of aromatic nitrogens is 7. The van der Waals surface area contributed by atoms with Gasteiger partial charge >= 0.3 is 0 Å². The van der Waals surface area contributed by atoms with Crippen LogP contribution in [-0.4, -0.2) is 84.6 Å². The van der Waals surface area contributed by atoms with Crippen molar-refractivity contribution >= 4 is 22.2 Å². The molecule has 1 saturated heterocycles. The van der Waals surface area contributed by atoms with Crippen LogP contribution in [0.5, 0.6) is 0 Å². The highest BCUT2D eigenvalue weighted by Crippen LogP contribution is 2.33. The van der Waals surface area contributed by atoms with Crippen LogP contribution in [0.4, 0.5) is 13.2 Å². The summed E-state index contributed by atoms with van der Waals surface area (Å²) in [4.78, 5) is 25.4. The number of nitrogens with one attached hydrogen (secondary N) is 2. The number of fused-ring (bicyclic) bond motifs is 2. The Bertz CT molecular complexity index is 2000. The van der Waals surface area contributed by atoms with E-state index < -0.39 is 5.92 Å². The molecular weight excluding hydrogens is 579 g/mol. The summed E-state index contributed by atoms with van der Waals surface area (Å²) < 4.78 is 42.1. The van der Waals surface area contributed by atoms with Crippen molar-refractivity contribution in [2.45, 2.75) is 31.7 Å². The number of benzene rings is 1. The number of rotatable bonds is 9. The molecule has 1 fully saturated rings. The van der Waals surface area contributed by atoms with Crippen molar-refractivity contribution in [2.24, 2.45) is 0 Å². The van der Waals surface area contributed by atoms with Crippen LogP contribution in [0.2, 0.25) is 0 Å². The van der Waals surface area contributed by atoms with Crippen molar-refractivity contribution in [3.8, 4) is 33.8 Å². The van der Waals surface area contributed by atoms with Gasteiger partial charge in [-0.25, -0.2) is 28.1 Å². The van der Waals surface area contributed by atoms with Crippen molar-refractivity contribution in [1.82, 2.24) is 44.9 Å². The molecule has 0 amide bonds. The lowest BCUT2D eigenvalue weighted by molar-refractivity contribution is 0.0115. The van der Waals surface area contributed by atoms with E-state index in [0.717, 1.165) is 58.2 Å². The van der Waals surface area contributed by atoms with E-state index in [9.17, 15) is 13.2 Å². The van der Waals surface area contributed by atoms with Crippen molar-refractivity contribution in [2.75, 3.05) is 33.7 Å². The number of likely N-dealkylation sites (tertiary alicyclic amines) is 1. The normalized spacial score (nSPS) is 15.2. The third kappa shape index (κ3) is 6.16. The molecule has 0 radical (unpaired) electrons. The molecule has 230 valence electrons. The number of alkyl halides is 2. The predicted octanol–water partition coefficient (Wildman–Crippen LogP) is 6.10. The Hall–Kier alpha value is -4.68. The lowest BCUT2D eigenvalue weighted by Gasteiger charge is -2.15. The fourth-order valence-corrected chi connectivity index (χ4v) is 5.99. The number of H-pyrrole nitrogens is 2. The molecule has 0 spiro atoms. The van der Waals surface area contributed by atoms with Crippen molar-refractivity contribution < 1.29 is 13.2 Å². The Balaban J connectivity index is 1.20. The summed E-state index contributed by atoms with van der Waals surface area (Å²) in [6.45, 7) is 1.44. The second-order valence-electron chi connectivity index (χ2n) is 12.0. The third-order valence-electron chi connectivity index (χ3n) is 8.16. The maximum Gasteiger partial charge on any atom is 0.261 e. The molecule has 2 N–H and O–H groups in total. The molecule has 5 aromatic heterocycles. The minimum absolute atomic E-state index is 0.122. The number of hydrogen-bond acceptors (Lipinski definition) is 7. The van der Waals surface area contributed by atoms with Crippen molar-refractivity contribution in [1.29, 1.82) is 0 Å². The van der Waals surface area contributed by atoms with Crippen LogP contribution in [0, 0.1) is 5.82 Å². The molecular formula is C33H32F3N9. The van der Waals surface area contributed by atoms with E-state index >= 15 is 0 Å². The maximum atomic E-state index is 14.7. The molecule has 6 aromatic rings. The summed E-state index contributed by atoms with van der Waals surface area (Å²) in [5.41, 5.74) is 7.30. The van der Waals surface area contributed by atoms with Crippen molar-refractivity contribution in [3.63, 3.8) is 0 Å². The van der Waals surface area contributed by atoms with E-state index in [-0.39, 0.29) is 18.8 Å². The number of imidazole rings is 1. The third-order valence-corrected chi connectivity index (χ3v) is 8.16. The summed E-state index contributed by atoms with van der Waals surface area (Å²) in [6, 6.07) is 10.9. The average molecular weight is 612 g/mol. The Kier molecular flexibility index (Phi) is 7.54. The number of aromatic amines is 2. The van der Waals surface area contributed by atoms with Gasteiger partial charge < -0.3 is 9.88 Å². The van der Waals surface area contributed by atoms with Gasteiger partial charge in [0.1, 0.15) is 11.5 Å². The van der Waals surface area contributed by atoms with Crippen LogP contribution in [-0.2, 0) is 13.0 Å². The molecule has 1 aliphatic heterocycles. The first kappa shape index (κ1) is 29.1. The van der Waals surface area contributed by atoms with Crippen LogP contribution in [0.3, 0.4) is 0 Å². The van der Waals surface area contributed by atoms with E-state index in [1.54, 1.807) is 35.8 Å². The van der Waals surface area contributed by atoms with Crippen molar-refractivity contribution in [3.05, 3.63) is 78.1 Å². The average Bonchev–Trinajstić information content (AvgIpc) is 3.72. The van der Waals surface area contributed by atoms with Gasteiger partial charge in [-0.2, -0.15) is 5.10 Å². The van der Waals surface area contributed by atoms with Crippen LogP contribution in [0.1, 0.15) is 24.0 Å². The van der Waals surface area contributed by atoms with Gasteiger partial charge in [0, 0.05) is 61.0 Å². The smallest absolute Gasteiger partial charge is 0.261 e. The molecule has 0 aliphatic carbocycles. The molecule has 0 unspecified atom stereocenters. The van der Waals surface area contributed by atoms with Gasteiger partial charge in [0.25, 0.3) is 5.92 Å². The molecule has 1 aliphatic rings. The van der Waals surface area contributed by atoms with E-state index in [1.165, 1.54) is 6.07 Å². The van der Waals surface area contributed by atoms with Gasteiger partial charge in [0.15, 0.2) is 17.1 Å². The monoisotopic (exact) mass is 611 g/mol. The van der Waals surface area contributed by atoms with Crippen LogP contribution in [0.25, 0.3) is 56.0 Å². The summed E-state index contributed by atoms with van der Waals surface area (Å²) in [7, 11) is 4.05. The molecule has 0 bridgehead atoms. The summed E-state index contributed by atoms with van der Waals surface area (Å²) in [6.07, 6.45) is 8.41. The quantitative estimate of drug-likeness (QED) is 0.204. The minimum atomic E-state index is -2.64. The zero-order chi connectivity index (χ0) is 31.1. The van der Waals surface area contributed by atoms with E-state index in [2.05, 4.69) is 35.0 Å². The highest BCUT2D eigenvalue weighted by molar-refractivity contribution is 5.96. The first-order chi connectivity index (χ1) is 21.7. The van der Waals surface area contributed by atoms with E-state index in [1.807, 2.05) is 38.4 Å². The maximum absolute atomic E-state index is 14.7. The van der Waals surface area contributed by atoms with Crippen LogP contribution in [0.15, 0.2) is 61.2 Å². The number of hydrogen-bond donors (Lipinski definition) is 2. The fraction of sp³-hybridized carbons (Fsp3) is 0.303. The molecule has 0 atom stereocenters. The summed E-state index contributed by atoms with van der Waals surface area (Å²) >= 11 is 0. The molecule has 12 heteroatoms. The highest BCUT2D eigenvalue weighted by atomic mass is 19.3. The predicted molar refractivity (Wildman–Crippen MR) is 167 cm³/mol. The number of aryl methyl sites for hydroxylation is 1. The SMILES string of the molecule is CN(C)CCCc1cc(F)cc(-c2ccnc3nc(-c4[nH]nc5ncc(-c6cncc(CN7CCC(F)(F)C7)c6)cc45)[nH]c23)c1. The second kappa shape index (κ2) is 11.7. The molecule has 1 aromatic carbocycles. The number of pyridine rings is 3. The molecule has 6 heterocycles. The number of halogens is 3. The van der Waals surface area contributed by atoms with Crippen LogP contribution < -0.4 is 0 Å². The van der Waals surface area contributed by atoms with E-state index in [0.29, 0.717) is 41.4 Å². The Morgan fingerprint density at radius 3 is 2.62 bits per heavy atom. The van der Waals surface area contributed by atoms with E-state index in [4.69, 9.17) is 4.98 Å². The summed E-state index contributed by atoms with van der Waals surface area (Å²) in [5, 5.41) is 8.18. The topological polar surface area (TPSA) is 103 Å². The van der Waals surface area contributed by atoms with Crippen LogP contribution >= 0.6 is 0 Å². The molecule has 0 saturated carbocycles. The fourth-order valence-electron chi connectivity index (χ4n) is 5.99. The first-order valence-electron chi connectivity index (χ1n) is 14.9. The van der Waals surface area contributed by atoms with Gasteiger partial charge in [-0.1, -0.05) is 6.07 Å². The molecule has 7 rings (SSSR count). The number of nitrogens with zero attached hydrogens (tertiary/aromatic N) is 7. The first-order valence-corrected chi connectivity index (χ1v) is 14.9. The van der Waals surface area contributed by atoms with Gasteiger partial charge in [-0.3, -0.25) is 15.0 Å².